The molecule has 0 spiro atoms. The quantitative estimate of drug-likeness (QED) is 0.842. The molecule has 4 heteroatoms. The van der Waals surface area contributed by atoms with Crippen LogP contribution in [0, 0.1) is 6.92 Å². The number of β-amino-alcohol motifs (C(OH)–C–C–N with tert-alkyl or cyclic N) is 1. The number of rotatable bonds is 6. The molecule has 0 radical (unpaired) electrons. The third-order valence-electron chi connectivity index (χ3n) is 4.06. The molecule has 118 valence electrons. The Morgan fingerprint density at radius 1 is 1.43 bits per heavy atom. The summed E-state index contributed by atoms with van der Waals surface area (Å²) in [7, 11) is 0. The van der Waals surface area contributed by atoms with Crippen LogP contribution in [0.15, 0.2) is 24.3 Å². The fraction of sp³-hybridized carbons (Fsp3) is 0.647. The topological polar surface area (TPSA) is 52.9 Å². The van der Waals surface area contributed by atoms with Crippen molar-refractivity contribution in [3.05, 3.63) is 29.8 Å². The van der Waals surface area contributed by atoms with Crippen LogP contribution in [-0.4, -0.2) is 52.6 Å². The smallest absolute Gasteiger partial charge is 0.119 e. The van der Waals surface area contributed by atoms with E-state index in [1.807, 2.05) is 45.0 Å². The molecular formula is C17H27NO3. The van der Waals surface area contributed by atoms with Crippen molar-refractivity contribution in [1.29, 1.82) is 0 Å². The number of hydrogen-bond acceptors (Lipinski definition) is 4. The summed E-state index contributed by atoms with van der Waals surface area (Å²) < 4.78 is 5.64. The molecule has 1 aromatic rings. The van der Waals surface area contributed by atoms with Crippen LogP contribution in [0.3, 0.4) is 0 Å². The fourth-order valence-electron chi connectivity index (χ4n) is 3.07. The summed E-state index contributed by atoms with van der Waals surface area (Å²) in [5, 5.41) is 20.4. The minimum Gasteiger partial charge on any atom is -0.491 e. The van der Waals surface area contributed by atoms with Crippen molar-refractivity contribution >= 4 is 0 Å². The lowest BCUT2D eigenvalue weighted by molar-refractivity contribution is -0.0210. The fourth-order valence-corrected chi connectivity index (χ4v) is 3.07. The van der Waals surface area contributed by atoms with Gasteiger partial charge in [-0.1, -0.05) is 12.1 Å². The zero-order valence-corrected chi connectivity index (χ0v) is 13.2. The first-order chi connectivity index (χ1) is 9.86. The van der Waals surface area contributed by atoms with Gasteiger partial charge in [-0.15, -0.1) is 0 Å². The summed E-state index contributed by atoms with van der Waals surface area (Å²) in [5.74, 6) is 0.787. The lowest BCUT2D eigenvalue weighted by Gasteiger charge is -2.34. The number of benzene rings is 1. The largest absolute Gasteiger partial charge is 0.491 e. The van der Waals surface area contributed by atoms with Crippen molar-refractivity contribution in [3.8, 4) is 5.75 Å². The summed E-state index contributed by atoms with van der Waals surface area (Å²) in [6, 6.07) is 7.94. The zero-order chi connectivity index (χ0) is 15.5. The minimum atomic E-state index is -0.729. The Morgan fingerprint density at radius 3 is 2.86 bits per heavy atom. The summed E-state index contributed by atoms with van der Waals surface area (Å²) in [5.41, 5.74) is 0.414. The molecule has 21 heavy (non-hydrogen) atoms. The zero-order valence-electron chi connectivity index (χ0n) is 13.2. The Morgan fingerprint density at radius 2 is 2.19 bits per heavy atom. The van der Waals surface area contributed by atoms with E-state index in [1.165, 1.54) is 0 Å². The van der Waals surface area contributed by atoms with Gasteiger partial charge in [0, 0.05) is 12.6 Å². The van der Waals surface area contributed by atoms with Crippen molar-refractivity contribution in [2.45, 2.75) is 51.4 Å². The number of aryl methyl sites for hydroxylation is 1. The minimum absolute atomic E-state index is 0.117. The van der Waals surface area contributed by atoms with E-state index in [0.29, 0.717) is 6.54 Å². The molecule has 2 atom stereocenters. The molecule has 1 aliphatic rings. The molecular weight excluding hydrogens is 266 g/mol. The maximum atomic E-state index is 10.2. The van der Waals surface area contributed by atoms with Gasteiger partial charge in [0.1, 0.15) is 18.5 Å². The molecule has 1 aromatic carbocycles. The predicted octanol–water partition coefficient (Wildman–Crippen LogP) is 1.97. The average Bonchev–Trinajstić information content (AvgIpc) is 2.84. The molecule has 1 heterocycles. The summed E-state index contributed by atoms with van der Waals surface area (Å²) in [6.07, 6.45) is 1.50. The highest BCUT2D eigenvalue weighted by Gasteiger charge is 2.36. The molecule has 2 rings (SSSR count). The van der Waals surface area contributed by atoms with E-state index in [0.717, 1.165) is 30.7 Å². The molecule has 0 aromatic heterocycles. The van der Waals surface area contributed by atoms with Gasteiger partial charge in [0.2, 0.25) is 0 Å². The lowest BCUT2D eigenvalue weighted by atomic mass is 9.96. The van der Waals surface area contributed by atoms with Crippen LogP contribution in [0.5, 0.6) is 5.75 Å². The van der Waals surface area contributed by atoms with Crippen LogP contribution in [0.1, 0.15) is 32.3 Å². The number of hydrogen-bond donors (Lipinski definition) is 2. The highest BCUT2D eigenvalue weighted by Crippen LogP contribution is 2.26. The van der Waals surface area contributed by atoms with Crippen LogP contribution < -0.4 is 4.74 Å². The summed E-state index contributed by atoms with van der Waals surface area (Å²) in [4.78, 5) is 2.17. The van der Waals surface area contributed by atoms with E-state index < -0.39 is 11.7 Å². The van der Waals surface area contributed by atoms with Crippen molar-refractivity contribution in [2.24, 2.45) is 0 Å². The first kappa shape index (κ1) is 16.3. The molecule has 0 aliphatic carbocycles. The number of nitrogens with zero attached hydrogens (tertiary/aromatic N) is 1. The Hall–Kier alpha value is -1.10. The van der Waals surface area contributed by atoms with Gasteiger partial charge < -0.3 is 14.9 Å². The van der Waals surface area contributed by atoms with Gasteiger partial charge in [0.25, 0.3) is 0 Å². The number of aliphatic hydroxyl groups excluding tert-OH is 1. The van der Waals surface area contributed by atoms with Crippen molar-refractivity contribution in [1.82, 2.24) is 4.90 Å². The van der Waals surface area contributed by atoms with Gasteiger partial charge in [0.15, 0.2) is 0 Å². The standard InChI is InChI=1S/C17H27NO3/c1-13-6-4-7-15(10-13)21-12-14(19)11-18-9-5-8-16(18)17(2,3)20/h4,6-7,10,14,16,19-20H,5,8-9,11-12H2,1-3H3. The molecule has 1 fully saturated rings. The number of likely N-dealkylation sites (tertiary alicyclic amines) is 1. The highest BCUT2D eigenvalue weighted by atomic mass is 16.5. The lowest BCUT2D eigenvalue weighted by Crippen LogP contribution is -2.48. The Labute approximate surface area is 127 Å². The van der Waals surface area contributed by atoms with Gasteiger partial charge in [-0.2, -0.15) is 0 Å². The van der Waals surface area contributed by atoms with Crippen LogP contribution in [0.4, 0.5) is 0 Å². The monoisotopic (exact) mass is 293 g/mol. The predicted molar refractivity (Wildman–Crippen MR) is 83.6 cm³/mol. The molecule has 0 saturated carbocycles. The number of aliphatic hydroxyl groups is 2. The van der Waals surface area contributed by atoms with Crippen LogP contribution in [0.25, 0.3) is 0 Å². The maximum Gasteiger partial charge on any atom is 0.119 e. The Kier molecular flexibility index (Phi) is 5.25. The van der Waals surface area contributed by atoms with Crippen LogP contribution in [-0.2, 0) is 0 Å². The van der Waals surface area contributed by atoms with Crippen LogP contribution in [0.2, 0.25) is 0 Å². The molecule has 4 nitrogen and oxygen atoms in total. The van der Waals surface area contributed by atoms with E-state index in [2.05, 4.69) is 4.90 Å². The van der Waals surface area contributed by atoms with E-state index in [4.69, 9.17) is 4.74 Å². The Bertz CT molecular complexity index is 456. The van der Waals surface area contributed by atoms with Crippen molar-refractivity contribution in [2.75, 3.05) is 19.7 Å². The molecule has 0 amide bonds. The van der Waals surface area contributed by atoms with Gasteiger partial charge in [-0.3, -0.25) is 4.90 Å². The second kappa shape index (κ2) is 6.77. The summed E-state index contributed by atoms with van der Waals surface area (Å²) in [6.45, 7) is 7.44. The van der Waals surface area contributed by atoms with Gasteiger partial charge >= 0.3 is 0 Å². The summed E-state index contributed by atoms with van der Waals surface area (Å²) >= 11 is 0. The van der Waals surface area contributed by atoms with Gasteiger partial charge in [-0.05, 0) is 57.9 Å². The normalized spacial score (nSPS) is 21.5. The average molecular weight is 293 g/mol. The van der Waals surface area contributed by atoms with E-state index in [-0.39, 0.29) is 12.6 Å². The third kappa shape index (κ3) is 4.70. The maximum absolute atomic E-state index is 10.2. The molecule has 1 aliphatic heterocycles. The number of ether oxygens (including phenoxy) is 1. The van der Waals surface area contributed by atoms with Crippen molar-refractivity contribution in [3.63, 3.8) is 0 Å². The molecule has 2 unspecified atom stereocenters. The van der Waals surface area contributed by atoms with Crippen molar-refractivity contribution < 1.29 is 14.9 Å². The molecule has 1 saturated heterocycles. The Balaban J connectivity index is 1.83. The van der Waals surface area contributed by atoms with E-state index in [1.54, 1.807) is 0 Å². The third-order valence-corrected chi connectivity index (χ3v) is 4.06. The van der Waals surface area contributed by atoms with Crippen LogP contribution >= 0.6 is 0 Å². The van der Waals surface area contributed by atoms with Gasteiger partial charge in [-0.25, -0.2) is 0 Å². The molecule has 0 bridgehead atoms. The SMILES string of the molecule is Cc1cccc(OCC(O)CN2CCCC2C(C)(C)O)c1. The first-order valence-corrected chi connectivity index (χ1v) is 7.70. The second-order valence-corrected chi connectivity index (χ2v) is 6.59. The second-order valence-electron chi connectivity index (χ2n) is 6.59. The first-order valence-electron chi connectivity index (χ1n) is 7.70. The molecule has 2 N–H and O–H groups in total. The van der Waals surface area contributed by atoms with Gasteiger partial charge in [0.05, 0.1) is 5.60 Å². The van der Waals surface area contributed by atoms with E-state index in [9.17, 15) is 10.2 Å². The van der Waals surface area contributed by atoms with E-state index >= 15 is 0 Å². The highest BCUT2D eigenvalue weighted by molar-refractivity contribution is 5.27.